The quantitative estimate of drug-likeness (QED) is 0.333. The zero-order valence-electron chi connectivity index (χ0n) is 18.6. The zero-order chi connectivity index (χ0) is 22.4. The molecule has 0 spiro atoms. The third kappa shape index (κ3) is 3.16. The van der Waals surface area contributed by atoms with Crippen molar-refractivity contribution in [1.82, 2.24) is 8.80 Å². The Balaban J connectivity index is 1.59. The summed E-state index contributed by atoms with van der Waals surface area (Å²) in [5, 5.41) is 2.31. The van der Waals surface area contributed by atoms with Crippen LogP contribution in [0, 0.1) is 0 Å². The maximum Gasteiger partial charge on any atom is 0.335 e. The standard InChI is InChI=1S/C28H24N4S/c1-29-25(21-13-5-3-6-14-21)23-17-9-11-19-31(23)27(29)33-28-30(2)26(22-15-7-4-8-16-22)24-18-10-12-20-32(24)28/h3-20H,1-2H3/q+2. The van der Waals surface area contributed by atoms with E-state index < -0.39 is 0 Å². The first-order valence-electron chi connectivity index (χ1n) is 11.0. The number of rotatable bonds is 4. The molecule has 33 heavy (non-hydrogen) atoms. The van der Waals surface area contributed by atoms with E-state index in [2.05, 4.69) is 141 Å². The molecule has 0 unspecified atom stereocenters. The molecule has 0 saturated heterocycles. The molecule has 0 fully saturated rings. The van der Waals surface area contributed by atoms with E-state index in [1.807, 2.05) is 0 Å². The van der Waals surface area contributed by atoms with Gasteiger partial charge in [0, 0.05) is 11.1 Å². The highest BCUT2D eigenvalue weighted by Gasteiger charge is 2.32. The van der Waals surface area contributed by atoms with Crippen molar-refractivity contribution in [3.8, 4) is 22.5 Å². The van der Waals surface area contributed by atoms with Gasteiger partial charge in [-0.25, -0.2) is 9.13 Å². The summed E-state index contributed by atoms with van der Waals surface area (Å²) in [5.41, 5.74) is 7.24. The largest absolute Gasteiger partial charge is 0.335 e. The number of benzene rings is 2. The van der Waals surface area contributed by atoms with Gasteiger partial charge in [-0.1, -0.05) is 72.8 Å². The molecule has 0 aliphatic heterocycles. The van der Waals surface area contributed by atoms with Crippen LogP contribution >= 0.6 is 11.8 Å². The first-order chi connectivity index (χ1) is 16.2. The molecule has 2 aromatic carbocycles. The van der Waals surface area contributed by atoms with Gasteiger partial charge in [0.2, 0.25) is 0 Å². The van der Waals surface area contributed by atoms with Crippen LogP contribution in [0.1, 0.15) is 0 Å². The second-order valence-electron chi connectivity index (χ2n) is 8.13. The second kappa shape index (κ2) is 7.94. The highest BCUT2D eigenvalue weighted by atomic mass is 32.2. The lowest BCUT2D eigenvalue weighted by Crippen LogP contribution is -2.34. The molecular weight excluding hydrogens is 424 g/mol. The molecule has 6 rings (SSSR count). The topological polar surface area (TPSA) is 16.6 Å². The smallest absolute Gasteiger partial charge is 0.219 e. The highest BCUT2D eigenvalue weighted by Crippen LogP contribution is 2.33. The molecule has 6 aromatic rings. The van der Waals surface area contributed by atoms with Crippen molar-refractivity contribution in [3.63, 3.8) is 0 Å². The normalized spacial score (nSPS) is 11.5. The van der Waals surface area contributed by atoms with Gasteiger partial charge in [-0.2, -0.15) is 8.80 Å². The van der Waals surface area contributed by atoms with Crippen LogP contribution in [0.4, 0.5) is 0 Å². The van der Waals surface area contributed by atoms with Crippen molar-refractivity contribution >= 4 is 22.8 Å². The van der Waals surface area contributed by atoms with Gasteiger partial charge < -0.3 is 0 Å². The average Bonchev–Trinajstić information content (AvgIpc) is 3.31. The summed E-state index contributed by atoms with van der Waals surface area (Å²) in [6.07, 6.45) is 4.30. The van der Waals surface area contributed by atoms with Crippen LogP contribution in [0.25, 0.3) is 33.5 Å². The van der Waals surface area contributed by atoms with Crippen LogP contribution < -0.4 is 9.13 Å². The molecule has 0 radical (unpaired) electrons. The van der Waals surface area contributed by atoms with E-state index >= 15 is 0 Å². The lowest BCUT2D eigenvalue weighted by Gasteiger charge is -1.99. The summed E-state index contributed by atoms with van der Waals surface area (Å²) in [6.45, 7) is 0. The minimum atomic E-state index is 1.16. The number of hydrogen-bond donors (Lipinski definition) is 0. The van der Waals surface area contributed by atoms with Gasteiger partial charge in [-0.05, 0) is 24.3 Å². The maximum atomic E-state index is 2.31. The van der Waals surface area contributed by atoms with Crippen LogP contribution in [0.5, 0.6) is 0 Å². The van der Waals surface area contributed by atoms with Crippen molar-refractivity contribution < 1.29 is 9.13 Å². The Kier molecular flexibility index (Phi) is 4.77. The van der Waals surface area contributed by atoms with Crippen LogP contribution in [0.3, 0.4) is 0 Å². The van der Waals surface area contributed by atoms with Gasteiger partial charge in [0.05, 0.1) is 38.3 Å². The van der Waals surface area contributed by atoms with Crippen LogP contribution in [0.15, 0.2) is 120 Å². The van der Waals surface area contributed by atoms with E-state index in [0.29, 0.717) is 0 Å². The van der Waals surface area contributed by atoms with Gasteiger partial charge in [0.25, 0.3) is 0 Å². The van der Waals surface area contributed by atoms with Gasteiger partial charge >= 0.3 is 10.3 Å². The number of hydrogen-bond acceptors (Lipinski definition) is 1. The lowest BCUT2D eigenvalue weighted by atomic mass is 10.1. The van der Waals surface area contributed by atoms with Gasteiger partial charge in [0.15, 0.2) is 22.4 Å². The van der Waals surface area contributed by atoms with Gasteiger partial charge in [0.1, 0.15) is 0 Å². The summed E-state index contributed by atoms with van der Waals surface area (Å²) in [4.78, 5) is 0. The fourth-order valence-corrected chi connectivity index (χ4v) is 5.79. The van der Waals surface area contributed by atoms with E-state index in [1.165, 1.54) is 33.5 Å². The van der Waals surface area contributed by atoms with E-state index in [1.54, 1.807) is 11.8 Å². The van der Waals surface area contributed by atoms with Crippen molar-refractivity contribution in [1.29, 1.82) is 0 Å². The number of nitrogens with zero attached hydrogens (tertiary/aromatic N) is 4. The third-order valence-corrected chi connectivity index (χ3v) is 7.45. The molecule has 0 amide bonds. The van der Waals surface area contributed by atoms with Gasteiger partial charge in [-0.15, -0.1) is 0 Å². The number of aromatic nitrogens is 4. The van der Waals surface area contributed by atoms with Crippen LogP contribution in [0.2, 0.25) is 0 Å². The van der Waals surface area contributed by atoms with Crippen molar-refractivity contribution in [2.45, 2.75) is 10.3 Å². The molecule has 0 aliphatic rings. The molecule has 0 bridgehead atoms. The monoisotopic (exact) mass is 448 g/mol. The van der Waals surface area contributed by atoms with Crippen molar-refractivity contribution in [2.24, 2.45) is 14.1 Å². The minimum Gasteiger partial charge on any atom is -0.219 e. The fourth-order valence-electron chi connectivity index (χ4n) is 4.66. The number of pyridine rings is 2. The molecule has 0 saturated carbocycles. The summed E-state index contributed by atoms with van der Waals surface area (Å²) < 4.78 is 9.19. The Hall–Kier alpha value is -3.83. The van der Waals surface area contributed by atoms with Crippen molar-refractivity contribution in [2.75, 3.05) is 0 Å². The first-order valence-corrected chi connectivity index (χ1v) is 11.8. The van der Waals surface area contributed by atoms with Crippen molar-refractivity contribution in [3.05, 3.63) is 109 Å². The number of imidazole rings is 2. The first kappa shape index (κ1) is 19.8. The van der Waals surface area contributed by atoms with E-state index in [-0.39, 0.29) is 0 Å². The van der Waals surface area contributed by atoms with E-state index in [9.17, 15) is 0 Å². The highest BCUT2D eigenvalue weighted by molar-refractivity contribution is 7.98. The summed E-state index contributed by atoms with van der Waals surface area (Å²) in [6, 6.07) is 34.0. The molecular formula is C28H24N4S+2. The third-order valence-electron chi connectivity index (χ3n) is 6.14. The average molecular weight is 449 g/mol. The molecule has 0 N–H and O–H groups in total. The Labute approximate surface area is 197 Å². The molecule has 0 aliphatic carbocycles. The Morgan fingerprint density at radius 3 is 1.33 bits per heavy atom. The van der Waals surface area contributed by atoms with Crippen LogP contribution in [-0.2, 0) is 14.1 Å². The lowest BCUT2D eigenvalue weighted by molar-refractivity contribution is -0.705. The summed E-state index contributed by atoms with van der Waals surface area (Å²) in [7, 11) is 4.32. The Bertz CT molecular complexity index is 1480. The minimum absolute atomic E-state index is 1.16. The molecule has 0 atom stereocenters. The molecule has 4 nitrogen and oxygen atoms in total. The number of fused-ring (bicyclic) bond motifs is 2. The molecule has 160 valence electrons. The second-order valence-corrected chi connectivity index (χ2v) is 9.06. The predicted octanol–water partition coefficient (Wildman–Crippen LogP) is 5.33. The Morgan fingerprint density at radius 2 is 0.909 bits per heavy atom. The Morgan fingerprint density at radius 1 is 0.515 bits per heavy atom. The molecule has 4 heterocycles. The SMILES string of the molecule is C[n+]1c(-c2ccccc2)c2ccccn2c1Sc1n2ccccc2c(-c2ccccc2)[n+]1C. The maximum absolute atomic E-state index is 2.31. The summed E-state index contributed by atoms with van der Waals surface area (Å²) >= 11 is 1.78. The predicted molar refractivity (Wildman–Crippen MR) is 132 cm³/mol. The van der Waals surface area contributed by atoms with E-state index in [0.717, 1.165) is 10.3 Å². The zero-order valence-corrected chi connectivity index (χ0v) is 19.4. The molecule has 5 heteroatoms. The molecule has 4 aromatic heterocycles. The van der Waals surface area contributed by atoms with Gasteiger partial charge in [-0.3, -0.25) is 0 Å². The van der Waals surface area contributed by atoms with E-state index in [4.69, 9.17) is 0 Å². The van der Waals surface area contributed by atoms with Crippen LogP contribution in [-0.4, -0.2) is 8.80 Å². The fraction of sp³-hybridized carbons (Fsp3) is 0.0714. The summed E-state index contributed by atoms with van der Waals surface area (Å²) in [5.74, 6) is 0.